The normalized spacial score (nSPS) is 14.5. The fourth-order valence-electron chi connectivity index (χ4n) is 2.83. The van der Waals surface area contributed by atoms with Crippen molar-refractivity contribution in [1.29, 1.82) is 0 Å². The molecule has 7 nitrogen and oxygen atoms in total. The van der Waals surface area contributed by atoms with Crippen LogP contribution in [0.25, 0.3) is 0 Å². The molecule has 0 saturated carbocycles. The van der Waals surface area contributed by atoms with E-state index in [0.717, 1.165) is 25.9 Å². The molecule has 142 valence electrons. The van der Waals surface area contributed by atoms with Gasteiger partial charge in [-0.2, -0.15) is 0 Å². The summed E-state index contributed by atoms with van der Waals surface area (Å²) in [4.78, 5) is 30.9. The average molecular weight is 372 g/mol. The summed E-state index contributed by atoms with van der Waals surface area (Å²) in [5, 5.41) is 0. The van der Waals surface area contributed by atoms with Gasteiger partial charge in [-0.05, 0) is 44.0 Å². The molecular weight excluding hydrogens is 351 g/mol. The fourth-order valence-corrected chi connectivity index (χ4v) is 2.83. The van der Waals surface area contributed by atoms with Crippen molar-refractivity contribution < 1.29 is 18.7 Å². The van der Waals surface area contributed by atoms with Gasteiger partial charge in [0.15, 0.2) is 17.7 Å². The second kappa shape index (κ2) is 8.48. The number of hydrogen-bond donors (Lipinski definition) is 2. The van der Waals surface area contributed by atoms with Crippen molar-refractivity contribution in [2.45, 2.75) is 25.9 Å². The van der Waals surface area contributed by atoms with Gasteiger partial charge in [-0.25, -0.2) is 9.37 Å². The van der Waals surface area contributed by atoms with E-state index in [9.17, 15) is 14.0 Å². The molecule has 1 atom stereocenters. The monoisotopic (exact) mass is 372 g/mol. The van der Waals surface area contributed by atoms with Gasteiger partial charge in [0, 0.05) is 19.3 Å². The highest BCUT2D eigenvalue weighted by molar-refractivity contribution is 5.99. The first-order valence-electron chi connectivity index (χ1n) is 8.77. The Hall–Kier alpha value is -3.16. The van der Waals surface area contributed by atoms with E-state index >= 15 is 0 Å². The molecule has 3 rings (SSSR count). The molecule has 1 unspecified atom stereocenters. The second-order valence-electron chi connectivity index (χ2n) is 6.20. The number of amides is 2. The molecule has 2 N–H and O–H groups in total. The molecule has 1 aliphatic rings. The largest absolute Gasteiger partial charge is 0.478 e. The molecule has 1 aliphatic heterocycles. The molecule has 1 aromatic carbocycles. The number of aromatic nitrogens is 1. The first kappa shape index (κ1) is 18.6. The summed E-state index contributed by atoms with van der Waals surface area (Å²) in [6.07, 6.45) is 2.75. The molecule has 0 spiro atoms. The number of hydrazine groups is 1. The lowest BCUT2D eigenvalue weighted by atomic mass is 10.2. The number of carbonyl (C=O) groups is 2. The van der Waals surface area contributed by atoms with Crippen LogP contribution in [0.15, 0.2) is 42.6 Å². The van der Waals surface area contributed by atoms with Crippen molar-refractivity contribution >= 4 is 17.6 Å². The molecule has 2 aromatic rings. The number of nitrogens with one attached hydrogen (secondary N) is 2. The van der Waals surface area contributed by atoms with Gasteiger partial charge in [-0.3, -0.25) is 20.4 Å². The highest BCUT2D eigenvalue weighted by Crippen LogP contribution is 2.21. The third kappa shape index (κ3) is 4.52. The Morgan fingerprint density at radius 2 is 1.89 bits per heavy atom. The van der Waals surface area contributed by atoms with Gasteiger partial charge in [0.1, 0.15) is 5.82 Å². The van der Waals surface area contributed by atoms with Gasteiger partial charge in [0.05, 0.1) is 5.56 Å². The van der Waals surface area contributed by atoms with Crippen LogP contribution in [-0.4, -0.2) is 36.0 Å². The van der Waals surface area contributed by atoms with Gasteiger partial charge in [-0.15, -0.1) is 0 Å². The Kier molecular flexibility index (Phi) is 5.85. The lowest BCUT2D eigenvalue weighted by Gasteiger charge is -2.20. The highest BCUT2D eigenvalue weighted by Gasteiger charge is 2.22. The summed E-state index contributed by atoms with van der Waals surface area (Å²) in [5.74, 6) is -1.08. The number of anilines is 1. The summed E-state index contributed by atoms with van der Waals surface area (Å²) in [7, 11) is 0. The predicted octanol–water partition coefficient (Wildman–Crippen LogP) is 2.05. The van der Waals surface area contributed by atoms with Crippen molar-refractivity contribution in [3.05, 3.63) is 54.0 Å². The molecule has 1 saturated heterocycles. The average Bonchev–Trinajstić information content (AvgIpc) is 3.22. The minimum atomic E-state index is -0.992. The Balaban J connectivity index is 1.59. The maximum atomic E-state index is 13.6. The number of pyridine rings is 1. The second-order valence-corrected chi connectivity index (χ2v) is 6.20. The van der Waals surface area contributed by atoms with E-state index in [2.05, 4.69) is 15.8 Å². The van der Waals surface area contributed by atoms with Crippen molar-refractivity contribution in [3.63, 3.8) is 0 Å². The van der Waals surface area contributed by atoms with Crippen LogP contribution in [0.2, 0.25) is 0 Å². The minimum absolute atomic E-state index is 0.0324. The number of hydrogen-bond acceptors (Lipinski definition) is 5. The van der Waals surface area contributed by atoms with Gasteiger partial charge in [0.2, 0.25) is 0 Å². The topological polar surface area (TPSA) is 83.6 Å². The number of para-hydroxylation sites is 1. The summed E-state index contributed by atoms with van der Waals surface area (Å²) < 4.78 is 18.9. The standard InChI is InChI=1S/C19H21FN4O3/c1-13(27-16-9-3-2-8-15(16)20)18(25)22-23-19(26)14-7-6-10-21-17(14)24-11-4-5-12-24/h2-3,6-10,13H,4-5,11-12H2,1H3,(H,22,25)(H,23,26). The maximum Gasteiger partial charge on any atom is 0.279 e. The summed E-state index contributed by atoms with van der Waals surface area (Å²) >= 11 is 0. The number of benzene rings is 1. The number of rotatable bonds is 5. The molecule has 27 heavy (non-hydrogen) atoms. The number of halogens is 1. The van der Waals surface area contributed by atoms with Gasteiger partial charge in [0.25, 0.3) is 11.8 Å². The highest BCUT2D eigenvalue weighted by atomic mass is 19.1. The lowest BCUT2D eigenvalue weighted by Crippen LogP contribution is -2.47. The van der Waals surface area contributed by atoms with Crippen LogP contribution in [0.4, 0.5) is 10.2 Å². The van der Waals surface area contributed by atoms with E-state index in [1.807, 2.05) is 4.90 Å². The molecular formula is C19H21FN4O3. The lowest BCUT2D eigenvalue weighted by molar-refractivity contribution is -0.128. The van der Waals surface area contributed by atoms with Crippen LogP contribution < -0.4 is 20.5 Å². The number of nitrogens with zero attached hydrogens (tertiary/aromatic N) is 2. The molecule has 8 heteroatoms. The van der Waals surface area contributed by atoms with Crippen LogP contribution in [-0.2, 0) is 4.79 Å². The Labute approximate surface area is 156 Å². The zero-order valence-corrected chi connectivity index (χ0v) is 14.9. The Morgan fingerprint density at radius 3 is 2.63 bits per heavy atom. The summed E-state index contributed by atoms with van der Waals surface area (Å²) in [6.45, 7) is 3.15. The van der Waals surface area contributed by atoms with E-state index in [-0.39, 0.29) is 5.75 Å². The van der Waals surface area contributed by atoms with Crippen LogP contribution in [0.1, 0.15) is 30.1 Å². The molecule has 2 heterocycles. The molecule has 0 bridgehead atoms. The third-order valence-corrected chi connectivity index (χ3v) is 4.25. The van der Waals surface area contributed by atoms with E-state index in [4.69, 9.17) is 4.74 Å². The van der Waals surface area contributed by atoms with Crippen LogP contribution in [0, 0.1) is 5.82 Å². The molecule has 0 aliphatic carbocycles. The molecule has 1 aromatic heterocycles. The zero-order chi connectivity index (χ0) is 19.2. The van der Waals surface area contributed by atoms with Crippen molar-refractivity contribution in [2.24, 2.45) is 0 Å². The van der Waals surface area contributed by atoms with E-state index < -0.39 is 23.7 Å². The van der Waals surface area contributed by atoms with Crippen molar-refractivity contribution in [1.82, 2.24) is 15.8 Å². The molecule has 1 fully saturated rings. The first-order chi connectivity index (χ1) is 13.1. The minimum Gasteiger partial charge on any atom is -0.478 e. The van der Waals surface area contributed by atoms with Crippen LogP contribution in [0.3, 0.4) is 0 Å². The molecule has 2 amide bonds. The van der Waals surface area contributed by atoms with Crippen molar-refractivity contribution in [3.8, 4) is 5.75 Å². The van der Waals surface area contributed by atoms with Crippen molar-refractivity contribution in [2.75, 3.05) is 18.0 Å². The SMILES string of the molecule is CC(Oc1ccccc1F)C(=O)NNC(=O)c1cccnc1N1CCCC1. The van der Waals surface area contributed by atoms with E-state index in [1.165, 1.54) is 25.1 Å². The Morgan fingerprint density at radius 1 is 1.15 bits per heavy atom. The van der Waals surface area contributed by atoms with Gasteiger partial charge in [-0.1, -0.05) is 12.1 Å². The third-order valence-electron chi connectivity index (χ3n) is 4.25. The maximum absolute atomic E-state index is 13.6. The zero-order valence-electron chi connectivity index (χ0n) is 14.9. The van der Waals surface area contributed by atoms with Gasteiger partial charge < -0.3 is 9.64 Å². The van der Waals surface area contributed by atoms with Crippen LogP contribution in [0.5, 0.6) is 5.75 Å². The number of carbonyl (C=O) groups excluding carboxylic acids is 2. The predicted molar refractivity (Wildman–Crippen MR) is 97.8 cm³/mol. The smallest absolute Gasteiger partial charge is 0.279 e. The van der Waals surface area contributed by atoms with Gasteiger partial charge >= 0.3 is 0 Å². The van der Waals surface area contributed by atoms with Crippen LogP contribution >= 0.6 is 0 Å². The summed E-state index contributed by atoms with van der Waals surface area (Å²) in [5.41, 5.74) is 5.05. The number of ether oxygens (including phenoxy) is 1. The fraction of sp³-hybridized carbons (Fsp3) is 0.316. The molecule has 0 radical (unpaired) electrons. The Bertz CT molecular complexity index is 824. The quantitative estimate of drug-likeness (QED) is 0.785. The summed E-state index contributed by atoms with van der Waals surface area (Å²) in [6, 6.07) is 9.12. The van der Waals surface area contributed by atoms with E-state index in [1.54, 1.807) is 24.4 Å². The van der Waals surface area contributed by atoms with E-state index in [0.29, 0.717) is 11.4 Å². The first-order valence-corrected chi connectivity index (χ1v) is 8.77.